The molecule has 118 valence electrons. The Morgan fingerprint density at radius 2 is 2.00 bits per heavy atom. The number of amides is 1. The summed E-state index contributed by atoms with van der Waals surface area (Å²) in [5.41, 5.74) is 2.69. The fourth-order valence-electron chi connectivity index (χ4n) is 3.46. The zero-order chi connectivity index (χ0) is 15.4. The molecule has 1 heterocycles. The first kappa shape index (κ1) is 15.1. The number of hydrogen-bond acceptors (Lipinski definition) is 2. The Morgan fingerprint density at radius 3 is 2.68 bits per heavy atom. The fraction of sp³-hybridized carbons (Fsp3) is 0.526. The van der Waals surface area contributed by atoms with Gasteiger partial charge in [0.15, 0.2) is 0 Å². The monoisotopic (exact) mass is 299 g/mol. The van der Waals surface area contributed by atoms with Gasteiger partial charge in [-0.1, -0.05) is 48.9 Å². The van der Waals surface area contributed by atoms with Crippen LogP contribution < -0.4 is 0 Å². The molecule has 2 aliphatic rings. The summed E-state index contributed by atoms with van der Waals surface area (Å²) in [7, 11) is 0. The number of piperidine rings is 1. The lowest BCUT2D eigenvalue weighted by atomic mass is 9.92. The number of rotatable bonds is 4. The van der Waals surface area contributed by atoms with Gasteiger partial charge in [-0.25, -0.2) is 4.79 Å². The van der Waals surface area contributed by atoms with Crippen LogP contribution in [-0.2, 0) is 11.3 Å². The van der Waals surface area contributed by atoms with Crippen LogP contribution in [0, 0.1) is 11.8 Å². The van der Waals surface area contributed by atoms with Gasteiger partial charge < -0.3 is 9.64 Å². The van der Waals surface area contributed by atoms with Crippen molar-refractivity contribution in [3.63, 3.8) is 0 Å². The maximum absolute atomic E-state index is 12.1. The summed E-state index contributed by atoms with van der Waals surface area (Å²) >= 11 is 0. The Balaban J connectivity index is 1.41. The van der Waals surface area contributed by atoms with Crippen molar-refractivity contribution < 1.29 is 9.53 Å². The lowest BCUT2D eigenvalue weighted by molar-refractivity contribution is 0.0807. The van der Waals surface area contributed by atoms with E-state index in [0.29, 0.717) is 6.61 Å². The maximum atomic E-state index is 12.1. The van der Waals surface area contributed by atoms with Crippen molar-refractivity contribution in [2.45, 2.75) is 39.2 Å². The Kier molecular flexibility index (Phi) is 4.81. The highest BCUT2D eigenvalue weighted by Gasteiger charge is 2.38. The molecule has 1 aliphatic heterocycles. The largest absolute Gasteiger partial charge is 0.445 e. The molecule has 0 aromatic heterocycles. The van der Waals surface area contributed by atoms with Gasteiger partial charge in [0.1, 0.15) is 6.61 Å². The Morgan fingerprint density at radius 1 is 1.27 bits per heavy atom. The summed E-state index contributed by atoms with van der Waals surface area (Å²) in [5.74, 6) is 1.58. The number of ether oxygens (including phenoxy) is 1. The van der Waals surface area contributed by atoms with Gasteiger partial charge >= 0.3 is 6.09 Å². The van der Waals surface area contributed by atoms with Crippen LogP contribution >= 0.6 is 0 Å². The number of hydrogen-bond donors (Lipinski definition) is 0. The number of nitrogens with zero attached hydrogens (tertiary/aromatic N) is 1. The molecule has 1 atom stereocenters. The number of carbonyl (C=O) groups excluding carboxylic acids is 1. The zero-order valence-electron chi connectivity index (χ0n) is 13.3. The van der Waals surface area contributed by atoms with Crippen LogP contribution in [0.1, 0.15) is 38.2 Å². The Hall–Kier alpha value is -1.77. The van der Waals surface area contributed by atoms with Gasteiger partial charge in [0.05, 0.1) is 0 Å². The minimum atomic E-state index is -0.164. The van der Waals surface area contributed by atoms with Crippen molar-refractivity contribution >= 4 is 6.09 Å². The van der Waals surface area contributed by atoms with Gasteiger partial charge in [-0.05, 0) is 43.1 Å². The molecular weight excluding hydrogens is 274 g/mol. The highest BCUT2D eigenvalue weighted by atomic mass is 16.6. The summed E-state index contributed by atoms with van der Waals surface area (Å²) < 4.78 is 5.41. The number of allylic oxidation sites excluding steroid dienone is 2. The molecule has 1 amide bonds. The predicted octanol–water partition coefficient (Wildman–Crippen LogP) is 4.39. The third-order valence-electron chi connectivity index (χ3n) is 4.81. The summed E-state index contributed by atoms with van der Waals surface area (Å²) in [4.78, 5) is 14.0. The molecule has 3 rings (SSSR count). The third kappa shape index (κ3) is 3.70. The molecule has 0 N–H and O–H groups in total. The first-order valence-corrected chi connectivity index (χ1v) is 8.42. The minimum Gasteiger partial charge on any atom is -0.445 e. The molecule has 1 aromatic rings. The SMILES string of the molecule is CC/C=C1\C[C@@H]1C1CCN(C(=O)OCc2ccccc2)CC1. The van der Waals surface area contributed by atoms with E-state index in [1.54, 1.807) is 5.57 Å². The van der Waals surface area contributed by atoms with Crippen molar-refractivity contribution in [1.29, 1.82) is 0 Å². The zero-order valence-corrected chi connectivity index (χ0v) is 13.3. The molecule has 1 aliphatic carbocycles. The molecule has 2 fully saturated rings. The van der Waals surface area contributed by atoms with Crippen molar-refractivity contribution in [1.82, 2.24) is 4.90 Å². The molecule has 0 radical (unpaired) electrons. The van der Waals surface area contributed by atoms with E-state index in [2.05, 4.69) is 13.0 Å². The van der Waals surface area contributed by atoms with Gasteiger partial charge in [0.2, 0.25) is 0 Å². The van der Waals surface area contributed by atoms with E-state index in [1.165, 1.54) is 6.42 Å². The molecule has 1 saturated carbocycles. The predicted molar refractivity (Wildman–Crippen MR) is 87.4 cm³/mol. The van der Waals surface area contributed by atoms with E-state index >= 15 is 0 Å². The van der Waals surface area contributed by atoms with Crippen LogP contribution in [0.2, 0.25) is 0 Å². The summed E-state index contributed by atoms with van der Waals surface area (Å²) in [6.07, 6.45) is 6.89. The summed E-state index contributed by atoms with van der Waals surface area (Å²) in [5, 5.41) is 0. The molecule has 3 heteroatoms. The lowest BCUT2D eigenvalue weighted by Gasteiger charge is -2.31. The van der Waals surface area contributed by atoms with Crippen LogP contribution in [0.15, 0.2) is 42.0 Å². The second kappa shape index (κ2) is 6.99. The second-order valence-electron chi connectivity index (χ2n) is 6.36. The molecule has 1 saturated heterocycles. The number of carbonyl (C=O) groups is 1. The molecular formula is C19H25NO2. The van der Waals surface area contributed by atoms with Gasteiger partial charge in [-0.15, -0.1) is 0 Å². The van der Waals surface area contributed by atoms with Crippen molar-refractivity contribution in [2.24, 2.45) is 11.8 Å². The number of benzene rings is 1. The minimum absolute atomic E-state index is 0.164. The average Bonchev–Trinajstić information content (AvgIpc) is 3.33. The molecule has 0 unspecified atom stereocenters. The third-order valence-corrected chi connectivity index (χ3v) is 4.81. The van der Waals surface area contributed by atoms with E-state index in [-0.39, 0.29) is 6.09 Å². The maximum Gasteiger partial charge on any atom is 0.410 e. The van der Waals surface area contributed by atoms with Crippen LogP contribution in [0.3, 0.4) is 0 Å². The molecule has 3 nitrogen and oxygen atoms in total. The molecule has 0 bridgehead atoms. The molecule has 1 aromatic carbocycles. The van der Waals surface area contributed by atoms with E-state index in [4.69, 9.17) is 4.74 Å². The second-order valence-corrected chi connectivity index (χ2v) is 6.36. The van der Waals surface area contributed by atoms with E-state index in [9.17, 15) is 4.79 Å². The van der Waals surface area contributed by atoms with Gasteiger partial charge in [-0.2, -0.15) is 0 Å². The molecule has 0 spiro atoms. The van der Waals surface area contributed by atoms with E-state index < -0.39 is 0 Å². The van der Waals surface area contributed by atoms with Crippen molar-refractivity contribution in [3.05, 3.63) is 47.5 Å². The van der Waals surface area contributed by atoms with E-state index in [0.717, 1.165) is 49.8 Å². The fourth-order valence-corrected chi connectivity index (χ4v) is 3.46. The highest BCUT2D eigenvalue weighted by molar-refractivity contribution is 5.67. The lowest BCUT2D eigenvalue weighted by Crippen LogP contribution is -2.39. The Bertz CT molecular complexity index is 530. The molecule has 22 heavy (non-hydrogen) atoms. The van der Waals surface area contributed by atoms with Gasteiger partial charge in [0.25, 0.3) is 0 Å². The first-order valence-electron chi connectivity index (χ1n) is 8.42. The van der Waals surface area contributed by atoms with Crippen LogP contribution in [0.25, 0.3) is 0 Å². The number of likely N-dealkylation sites (tertiary alicyclic amines) is 1. The quantitative estimate of drug-likeness (QED) is 0.772. The normalized spacial score (nSPS) is 23.6. The van der Waals surface area contributed by atoms with Crippen molar-refractivity contribution in [3.8, 4) is 0 Å². The smallest absolute Gasteiger partial charge is 0.410 e. The topological polar surface area (TPSA) is 29.5 Å². The van der Waals surface area contributed by atoms with Gasteiger partial charge in [-0.3, -0.25) is 0 Å². The van der Waals surface area contributed by atoms with Crippen LogP contribution in [0.4, 0.5) is 4.79 Å². The van der Waals surface area contributed by atoms with Gasteiger partial charge in [0, 0.05) is 13.1 Å². The summed E-state index contributed by atoms with van der Waals surface area (Å²) in [6, 6.07) is 9.86. The van der Waals surface area contributed by atoms with Crippen LogP contribution in [-0.4, -0.2) is 24.1 Å². The highest BCUT2D eigenvalue weighted by Crippen LogP contribution is 2.47. The van der Waals surface area contributed by atoms with Crippen LogP contribution in [0.5, 0.6) is 0 Å². The summed E-state index contributed by atoms with van der Waals surface area (Å²) in [6.45, 7) is 4.25. The van der Waals surface area contributed by atoms with E-state index in [1.807, 2.05) is 35.2 Å². The first-order chi connectivity index (χ1) is 10.8. The van der Waals surface area contributed by atoms with Crippen molar-refractivity contribution in [2.75, 3.05) is 13.1 Å². The average molecular weight is 299 g/mol. The Labute approximate surface area is 133 Å². The standard InChI is InChI=1S/C19H25NO2/c1-2-6-17-13-18(17)16-9-11-20(12-10-16)19(21)22-14-15-7-4-3-5-8-15/h3-8,16,18H,2,9-14H2,1H3/b17-6+/t18-/m1/s1.